The number of rotatable bonds is 4. The molecule has 3 aromatic carbocycles. The van der Waals surface area contributed by atoms with E-state index in [-0.39, 0.29) is 0 Å². The molecule has 0 atom stereocenters. The van der Waals surface area contributed by atoms with Crippen molar-refractivity contribution in [2.24, 2.45) is 0 Å². The molecule has 3 aromatic rings. The molecule has 0 fully saturated rings. The van der Waals surface area contributed by atoms with E-state index in [0.717, 1.165) is 0 Å². The Morgan fingerprint density at radius 2 is 0.810 bits per heavy atom. The molecule has 0 N–H and O–H groups in total. The molecule has 0 aliphatic heterocycles. The monoisotopic (exact) mass is 302 g/mol. The van der Waals surface area contributed by atoms with E-state index in [1.54, 1.807) is 0 Å². The average molecular weight is 302 g/mol. The van der Waals surface area contributed by atoms with Crippen LogP contribution >= 0.6 is 0 Å². The Morgan fingerprint density at radius 3 is 1.05 bits per heavy atom. The molecule has 0 unspecified atom stereocenters. The van der Waals surface area contributed by atoms with Gasteiger partial charge in [-0.05, 0) is 0 Å². The van der Waals surface area contributed by atoms with Gasteiger partial charge in [-0.2, -0.15) is 0 Å². The first-order valence-electron chi connectivity index (χ1n) is 6.92. The first-order valence-corrected chi connectivity index (χ1v) is 9.30. The van der Waals surface area contributed by atoms with Gasteiger partial charge < -0.3 is 0 Å². The molecule has 98 valence electrons. The number of hydrogen-bond donors (Lipinski definition) is 0. The summed E-state index contributed by atoms with van der Waals surface area (Å²) in [4.78, 5) is 0. The second-order valence-electron chi connectivity index (χ2n) is 4.90. The third-order valence-electron chi connectivity index (χ3n) is 3.72. The fourth-order valence-electron chi connectivity index (χ4n) is 2.72. The van der Waals surface area contributed by atoms with Gasteiger partial charge in [-0.3, -0.25) is 0 Å². The van der Waals surface area contributed by atoms with Crippen molar-refractivity contribution in [2.45, 2.75) is 0 Å². The molecule has 1 nitrogen and oxygen atoms in total. The van der Waals surface area contributed by atoms with Crippen molar-refractivity contribution in [2.75, 3.05) is 0 Å². The van der Waals surface area contributed by atoms with Crippen LogP contribution in [0.3, 0.4) is 0 Å². The summed E-state index contributed by atoms with van der Waals surface area (Å²) in [6, 6.07) is 31.6. The average Bonchev–Trinajstić information content (AvgIpc) is 2.59. The van der Waals surface area contributed by atoms with Crippen LogP contribution in [0.15, 0.2) is 91.0 Å². The molecule has 0 aliphatic rings. The van der Waals surface area contributed by atoms with E-state index in [0.29, 0.717) is 0 Å². The SMILES string of the molecule is [Al+2][O][Si](c1ccccc1)(c1ccccc1)c1ccccc1. The summed E-state index contributed by atoms with van der Waals surface area (Å²) in [5.74, 6) is 0. The maximum atomic E-state index is 6.15. The van der Waals surface area contributed by atoms with Crippen molar-refractivity contribution < 1.29 is 3.48 Å². The molecule has 0 bridgehead atoms. The standard InChI is InChI=1S/C18H15OSi.Al/c19-20(16-10-4-1-5-11-16,17-12-6-2-7-13-17)18-14-8-3-9-15-18;/h1-15H;/q-1;+3. The summed E-state index contributed by atoms with van der Waals surface area (Å²) in [7, 11) is -2.43. The molecule has 0 spiro atoms. The van der Waals surface area contributed by atoms with Gasteiger partial charge in [-0.25, -0.2) is 0 Å². The predicted octanol–water partition coefficient (Wildman–Crippen LogP) is 1.75. The van der Waals surface area contributed by atoms with Gasteiger partial charge in [-0.1, -0.05) is 0 Å². The molecule has 0 saturated carbocycles. The summed E-state index contributed by atoms with van der Waals surface area (Å²) < 4.78 is 6.15. The first kappa shape index (κ1) is 14.3. The van der Waals surface area contributed by atoms with Gasteiger partial charge in [0, 0.05) is 0 Å². The summed E-state index contributed by atoms with van der Waals surface area (Å²) in [5, 5.41) is 3.74. The minimum atomic E-state index is -2.43. The van der Waals surface area contributed by atoms with Crippen LogP contribution in [0.25, 0.3) is 0 Å². The van der Waals surface area contributed by atoms with E-state index >= 15 is 0 Å². The van der Waals surface area contributed by atoms with Crippen LogP contribution in [0.2, 0.25) is 0 Å². The van der Waals surface area contributed by atoms with Crippen molar-refractivity contribution >= 4 is 40.5 Å². The Morgan fingerprint density at radius 1 is 0.524 bits per heavy atom. The normalized spacial score (nSPS) is 11.3. The van der Waals surface area contributed by atoms with Crippen molar-refractivity contribution in [1.82, 2.24) is 0 Å². The summed E-state index contributed by atoms with van der Waals surface area (Å²) in [6.45, 7) is 0. The van der Waals surface area contributed by atoms with Gasteiger partial charge >= 0.3 is 135 Å². The van der Waals surface area contributed by atoms with Crippen LogP contribution in [0, 0.1) is 0 Å². The predicted molar refractivity (Wildman–Crippen MR) is 90.8 cm³/mol. The fraction of sp³-hybridized carbons (Fsp3) is 0. The molecule has 0 aromatic heterocycles. The Balaban J connectivity index is 2.29. The zero-order chi connectivity index (χ0) is 14.5. The van der Waals surface area contributed by atoms with E-state index < -0.39 is 8.32 Å². The molecular formula is C18H15AlOSi+2. The topological polar surface area (TPSA) is 9.23 Å². The van der Waals surface area contributed by atoms with Crippen molar-refractivity contribution in [1.29, 1.82) is 0 Å². The summed E-state index contributed by atoms with van der Waals surface area (Å²) >= 11 is 2.50. The molecule has 0 aliphatic carbocycles. The van der Waals surface area contributed by atoms with Crippen LogP contribution in [0.1, 0.15) is 0 Å². The van der Waals surface area contributed by atoms with Crippen molar-refractivity contribution in [3.63, 3.8) is 0 Å². The van der Waals surface area contributed by atoms with Crippen LogP contribution < -0.4 is 15.6 Å². The fourth-order valence-corrected chi connectivity index (χ4v) is 7.34. The van der Waals surface area contributed by atoms with Crippen molar-refractivity contribution in [3.8, 4) is 0 Å². The van der Waals surface area contributed by atoms with E-state index in [2.05, 4.69) is 89.4 Å². The number of benzene rings is 3. The molecule has 3 heteroatoms. The third kappa shape index (κ3) is 2.62. The Labute approximate surface area is 135 Å². The van der Waals surface area contributed by atoms with E-state index in [1.807, 2.05) is 18.2 Å². The molecule has 3 rings (SSSR count). The zero-order valence-electron chi connectivity index (χ0n) is 11.6. The Kier molecular flexibility index (Phi) is 4.38. The molecule has 0 saturated heterocycles. The second kappa shape index (κ2) is 6.42. The van der Waals surface area contributed by atoms with Gasteiger partial charge in [0.1, 0.15) is 0 Å². The molecule has 0 radical (unpaired) electrons. The quantitative estimate of drug-likeness (QED) is 0.527. The first-order chi connectivity index (χ1) is 10.4. The Hall–Kier alpha value is -1.63. The van der Waals surface area contributed by atoms with Gasteiger partial charge in [0.25, 0.3) is 0 Å². The van der Waals surface area contributed by atoms with Crippen molar-refractivity contribution in [3.05, 3.63) is 91.0 Å². The zero-order valence-corrected chi connectivity index (χ0v) is 13.8. The van der Waals surface area contributed by atoms with Gasteiger partial charge in [0.05, 0.1) is 0 Å². The van der Waals surface area contributed by atoms with Crippen LogP contribution in [-0.4, -0.2) is 24.9 Å². The van der Waals surface area contributed by atoms with E-state index in [9.17, 15) is 0 Å². The molecule has 21 heavy (non-hydrogen) atoms. The van der Waals surface area contributed by atoms with Crippen LogP contribution in [0.4, 0.5) is 0 Å². The minimum absolute atomic E-state index is 1.25. The van der Waals surface area contributed by atoms with E-state index in [1.165, 1.54) is 15.6 Å². The molecular weight excluding hydrogens is 287 g/mol. The Bertz CT molecular complexity index is 590. The maximum absolute atomic E-state index is 6.15. The molecule has 0 heterocycles. The third-order valence-corrected chi connectivity index (χ3v) is 8.57. The second-order valence-corrected chi connectivity index (χ2v) is 8.93. The van der Waals surface area contributed by atoms with Gasteiger partial charge in [0.15, 0.2) is 0 Å². The van der Waals surface area contributed by atoms with E-state index in [4.69, 9.17) is 3.48 Å². The van der Waals surface area contributed by atoms with Crippen LogP contribution in [-0.2, 0) is 3.48 Å². The molecule has 0 amide bonds. The summed E-state index contributed by atoms with van der Waals surface area (Å²) in [5.41, 5.74) is 0. The number of hydrogen-bond acceptors (Lipinski definition) is 1. The summed E-state index contributed by atoms with van der Waals surface area (Å²) in [6.07, 6.45) is 0. The van der Waals surface area contributed by atoms with Gasteiger partial charge in [0.2, 0.25) is 0 Å². The van der Waals surface area contributed by atoms with Gasteiger partial charge in [-0.15, -0.1) is 0 Å². The van der Waals surface area contributed by atoms with Crippen LogP contribution in [0.5, 0.6) is 0 Å².